The third-order valence-corrected chi connectivity index (χ3v) is 3.85. The number of ether oxygens (including phenoxy) is 2. The lowest BCUT2D eigenvalue weighted by molar-refractivity contribution is 0.0523. The van der Waals surface area contributed by atoms with Gasteiger partial charge in [0.25, 0.3) is 0 Å². The van der Waals surface area contributed by atoms with Gasteiger partial charge in [-0.2, -0.15) is 0 Å². The minimum Gasteiger partial charge on any atom is -0.506 e. The molecule has 2 N–H and O–H groups in total. The number of phenolic OH excluding ortho intramolecular Hbond substituents is 1. The molecule has 26 heavy (non-hydrogen) atoms. The first-order valence-electron chi connectivity index (χ1n) is 8.12. The van der Waals surface area contributed by atoms with E-state index in [9.17, 15) is 9.90 Å². The van der Waals surface area contributed by atoms with Crippen molar-refractivity contribution in [3.63, 3.8) is 0 Å². The second kappa shape index (κ2) is 7.40. The van der Waals surface area contributed by atoms with E-state index >= 15 is 0 Å². The number of methoxy groups -OCH3 is 1. The molecule has 0 fully saturated rings. The van der Waals surface area contributed by atoms with E-state index in [0.29, 0.717) is 28.9 Å². The standard InChI is InChI=1S/C18H19N3O5/c1-3-26-18(24)12-9-13-14(10-17(12)25-2)20-21(19-13)15-8-11(6-7-22)4-5-16(15)23/h4-5,8-10,22-23H,3,6-7H2,1-2H3. The second-order valence-electron chi connectivity index (χ2n) is 5.55. The summed E-state index contributed by atoms with van der Waals surface area (Å²) in [6.45, 7) is 1.97. The van der Waals surface area contributed by atoms with E-state index in [1.165, 1.54) is 18.0 Å². The maximum absolute atomic E-state index is 12.1. The van der Waals surface area contributed by atoms with Crippen LogP contribution in [-0.2, 0) is 11.2 Å². The van der Waals surface area contributed by atoms with Crippen molar-refractivity contribution in [2.24, 2.45) is 0 Å². The predicted molar refractivity (Wildman–Crippen MR) is 93.8 cm³/mol. The van der Waals surface area contributed by atoms with Crippen molar-refractivity contribution in [3.05, 3.63) is 41.5 Å². The van der Waals surface area contributed by atoms with Gasteiger partial charge in [0.05, 0.1) is 13.7 Å². The number of aromatic hydroxyl groups is 1. The Balaban J connectivity index is 2.10. The monoisotopic (exact) mass is 357 g/mol. The van der Waals surface area contributed by atoms with Gasteiger partial charge in [0, 0.05) is 12.7 Å². The summed E-state index contributed by atoms with van der Waals surface area (Å²) in [6.07, 6.45) is 0.453. The summed E-state index contributed by atoms with van der Waals surface area (Å²) in [4.78, 5) is 13.4. The highest BCUT2D eigenvalue weighted by Crippen LogP contribution is 2.27. The van der Waals surface area contributed by atoms with Crippen LogP contribution in [0.1, 0.15) is 22.8 Å². The van der Waals surface area contributed by atoms with Crippen LogP contribution in [0.5, 0.6) is 11.5 Å². The summed E-state index contributed by atoms with van der Waals surface area (Å²) in [5.74, 6) is -0.167. The van der Waals surface area contributed by atoms with Gasteiger partial charge in [-0.1, -0.05) is 6.07 Å². The zero-order valence-electron chi connectivity index (χ0n) is 14.5. The molecule has 0 aliphatic carbocycles. The smallest absolute Gasteiger partial charge is 0.341 e. The molecule has 3 rings (SSSR count). The van der Waals surface area contributed by atoms with Crippen molar-refractivity contribution in [2.45, 2.75) is 13.3 Å². The number of carbonyl (C=O) groups is 1. The van der Waals surface area contributed by atoms with Gasteiger partial charge in [-0.05, 0) is 37.1 Å². The van der Waals surface area contributed by atoms with Gasteiger partial charge in [-0.15, -0.1) is 15.0 Å². The fourth-order valence-corrected chi connectivity index (χ4v) is 2.60. The average molecular weight is 357 g/mol. The maximum Gasteiger partial charge on any atom is 0.341 e. The van der Waals surface area contributed by atoms with Crippen molar-refractivity contribution < 1.29 is 24.5 Å². The molecule has 1 aromatic heterocycles. The van der Waals surface area contributed by atoms with Crippen LogP contribution < -0.4 is 4.74 Å². The topological polar surface area (TPSA) is 107 Å². The summed E-state index contributed by atoms with van der Waals surface area (Å²) in [6, 6.07) is 8.09. The van der Waals surface area contributed by atoms with E-state index in [1.54, 1.807) is 31.2 Å². The summed E-state index contributed by atoms with van der Waals surface area (Å²) < 4.78 is 10.3. The molecule has 1 heterocycles. The third kappa shape index (κ3) is 3.31. The van der Waals surface area contributed by atoms with Gasteiger partial charge in [0.1, 0.15) is 33.8 Å². The average Bonchev–Trinajstić information content (AvgIpc) is 3.05. The van der Waals surface area contributed by atoms with Gasteiger partial charge in [-0.3, -0.25) is 0 Å². The van der Waals surface area contributed by atoms with E-state index in [-0.39, 0.29) is 24.5 Å². The van der Waals surface area contributed by atoms with Crippen molar-refractivity contribution in [1.82, 2.24) is 15.0 Å². The first-order valence-corrected chi connectivity index (χ1v) is 8.12. The Bertz CT molecular complexity index is 951. The van der Waals surface area contributed by atoms with Crippen molar-refractivity contribution >= 4 is 17.0 Å². The van der Waals surface area contributed by atoms with Crippen molar-refractivity contribution in [2.75, 3.05) is 20.3 Å². The van der Waals surface area contributed by atoms with Crippen LogP contribution in [0.25, 0.3) is 16.7 Å². The number of benzene rings is 2. The van der Waals surface area contributed by atoms with Gasteiger partial charge < -0.3 is 19.7 Å². The fourth-order valence-electron chi connectivity index (χ4n) is 2.60. The largest absolute Gasteiger partial charge is 0.506 e. The number of hydrogen-bond acceptors (Lipinski definition) is 7. The highest BCUT2D eigenvalue weighted by molar-refractivity contribution is 5.96. The summed E-state index contributed by atoms with van der Waals surface area (Å²) in [5, 5.41) is 27.9. The van der Waals surface area contributed by atoms with Crippen LogP contribution in [0.15, 0.2) is 30.3 Å². The molecule has 8 heteroatoms. The number of esters is 1. The van der Waals surface area contributed by atoms with E-state index in [2.05, 4.69) is 10.2 Å². The minimum absolute atomic E-state index is 0.00117. The Kier molecular flexibility index (Phi) is 5.04. The third-order valence-electron chi connectivity index (χ3n) is 3.85. The number of rotatable bonds is 6. The molecule has 0 aliphatic heterocycles. The number of aromatic nitrogens is 3. The van der Waals surface area contributed by atoms with Crippen LogP contribution in [0.2, 0.25) is 0 Å². The zero-order chi connectivity index (χ0) is 18.7. The number of aliphatic hydroxyl groups is 1. The lowest BCUT2D eigenvalue weighted by Gasteiger charge is -2.06. The molecule has 0 unspecified atom stereocenters. The Morgan fingerprint density at radius 2 is 1.92 bits per heavy atom. The first kappa shape index (κ1) is 17.7. The number of hydrogen-bond donors (Lipinski definition) is 2. The molecular weight excluding hydrogens is 338 g/mol. The summed E-state index contributed by atoms with van der Waals surface area (Å²) in [5.41, 5.74) is 2.44. The molecule has 0 bridgehead atoms. The quantitative estimate of drug-likeness (QED) is 0.648. The molecule has 0 saturated carbocycles. The van der Waals surface area contributed by atoms with E-state index in [4.69, 9.17) is 14.6 Å². The Labute approximate surface area is 149 Å². The number of aliphatic hydroxyl groups excluding tert-OH is 1. The molecule has 0 amide bonds. The van der Waals surface area contributed by atoms with Gasteiger partial charge in [-0.25, -0.2) is 4.79 Å². The first-order chi connectivity index (χ1) is 12.6. The number of nitrogens with zero attached hydrogens (tertiary/aromatic N) is 3. The van der Waals surface area contributed by atoms with Crippen molar-refractivity contribution in [1.29, 1.82) is 0 Å². The minimum atomic E-state index is -0.506. The molecule has 2 aromatic carbocycles. The van der Waals surface area contributed by atoms with Crippen LogP contribution in [0.4, 0.5) is 0 Å². The lowest BCUT2D eigenvalue weighted by Crippen LogP contribution is -2.06. The molecular formula is C18H19N3O5. The SMILES string of the molecule is CCOC(=O)c1cc2nn(-c3cc(CCO)ccc3O)nc2cc1OC. The molecule has 0 atom stereocenters. The van der Waals surface area contributed by atoms with Crippen LogP contribution >= 0.6 is 0 Å². The Morgan fingerprint density at radius 3 is 2.58 bits per heavy atom. The lowest BCUT2D eigenvalue weighted by atomic mass is 10.1. The second-order valence-corrected chi connectivity index (χ2v) is 5.55. The summed E-state index contributed by atoms with van der Waals surface area (Å²) >= 11 is 0. The van der Waals surface area contributed by atoms with Gasteiger partial charge >= 0.3 is 5.97 Å². The number of phenols is 1. The maximum atomic E-state index is 12.1. The van der Waals surface area contributed by atoms with E-state index < -0.39 is 5.97 Å². The van der Waals surface area contributed by atoms with Crippen LogP contribution in [-0.4, -0.2) is 51.5 Å². The normalized spacial score (nSPS) is 10.9. The zero-order valence-corrected chi connectivity index (χ0v) is 14.5. The summed E-state index contributed by atoms with van der Waals surface area (Å²) in [7, 11) is 1.46. The molecule has 0 radical (unpaired) electrons. The number of fused-ring (bicyclic) bond motifs is 1. The highest BCUT2D eigenvalue weighted by Gasteiger charge is 2.18. The predicted octanol–water partition coefficient (Wildman–Crippen LogP) is 1.85. The highest BCUT2D eigenvalue weighted by atomic mass is 16.5. The Hall–Kier alpha value is -3.13. The van der Waals surface area contributed by atoms with E-state index in [0.717, 1.165) is 5.56 Å². The van der Waals surface area contributed by atoms with E-state index in [1.807, 2.05) is 0 Å². The fraction of sp³-hybridized carbons (Fsp3) is 0.278. The molecule has 0 aliphatic rings. The number of carbonyl (C=O) groups excluding carboxylic acids is 1. The molecule has 0 spiro atoms. The van der Waals surface area contributed by atoms with Gasteiger partial charge in [0.15, 0.2) is 0 Å². The van der Waals surface area contributed by atoms with Gasteiger partial charge in [0.2, 0.25) is 0 Å². The molecule has 0 saturated heterocycles. The molecule has 8 nitrogen and oxygen atoms in total. The Morgan fingerprint density at radius 1 is 1.19 bits per heavy atom. The van der Waals surface area contributed by atoms with Crippen LogP contribution in [0, 0.1) is 0 Å². The van der Waals surface area contributed by atoms with Crippen LogP contribution in [0.3, 0.4) is 0 Å². The molecule has 3 aromatic rings. The van der Waals surface area contributed by atoms with Crippen molar-refractivity contribution in [3.8, 4) is 17.2 Å². The molecule has 136 valence electrons.